The molecular formula is C22H23ClN4OS. The van der Waals surface area contributed by atoms with Gasteiger partial charge < -0.3 is 9.80 Å². The predicted molar refractivity (Wildman–Crippen MR) is 118 cm³/mol. The van der Waals surface area contributed by atoms with Crippen molar-refractivity contribution in [3.05, 3.63) is 76.1 Å². The molecule has 0 radical (unpaired) electrons. The van der Waals surface area contributed by atoms with Crippen molar-refractivity contribution in [1.29, 1.82) is 0 Å². The van der Waals surface area contributed by atoms with Crippen LogP contribution in [0.1, 0.15) is 33.7 Å². The van der Waals surface area contributed by atoms with E-state index in [9.17, 15) is 4.79 Å². The van der Waals surface area contributed by atoms with Gasteiger partial charge in [-0.05, 0) is 42.7 Å². The average molecular weight is 427 g/mol. The number of aromatic nitrogens is 2. The van der Waals surface area contributed by atoms with Crippen LogP contribution in [0.5, 0.6) is 0 Å². The lowest BCUT2D eigenvalue weighted by atomic mass is 10.1. The van der Waals surface area contributed by atoms with Gasteiger partial charge in [-0.2, -0.15) is 4.37 Å². The zero-order chi connectivity index (χ0) is 20.2. The van der Waals surface area contributed by atoms with E-state index in [2.05, 4.69) is 9.27 Å². The number of hydrogen-bond acceptors (Lipinski definition) is 5. The lowest BCUT2D eigenvalue weighted by molar-refractivity contribution is 0.0766. The van der Waals surface area contributed by atoms with E-state index >= 15 is 0 Å². The molecule has 1 aromatic heterocycles. The van der Waals surface area contributed by atoms with Crippen LogP contribution in [-0.2, 0) is 6.42 Å². The molecule has 0 bridgehead atoms. The molecule has 150 valence electrons. The van der Waals surface area contributed by atoms with E-state index in [4.69, 9.17) is 16.6 Å². The summed E-state index contributed by atoms with van der Waals surface area (Å²) in [6.07, 6.45) is 1.61. The van der Waals surface area contributed by atoms with Crippen molar-refractivity contribution in [2.75, 3.05) is 31.1 Å². The summed E-state index contributed by atoms with van der Waals surface area (Å²) < 4.78 is 4.53. The first-order valence-corrected chi connectivity index (χ1v) is 10.9. The SMILES string of the molecule is Cc1ccccc1C(=O)N1CCCN(c2nc(Cc3ccc(Cl)cc3)ns2)CC1. The summed E-state index contributed by atoms with van der Waals surface area (Å²) in [6, 6.07) is 15.6. The van der Waals surface area contributed by atoms with Gasteiger partial charge in [0.2, 0.25) is 5.13 Å². The Kier molecular flexibility index (Phi) is 6.11. The molecule has 1 fully saturated rings. The van der Waals surface area contributed by atoms with Crippen LogP contribution in [0.4, 0.5) is 5.13 Å². The van der Waals surface area contributed by atoms with E-state index in [1.165, 1.54) is 11.5 Å². The Balaban J connectivity index is 1.40. The Hall–Kier alpha value is -2.44. The van der Waals surface area contributed by atoms with Crippen LogP contribution in [0, 0.1) is 6.92 Å². The molecule has 0 unspecified atom stereocenters. The topological polar surface area (TPSA) is 49.3 Å². The number of aryl methyl sites for hydroxylation is 1. The van der Waals surface area contributed by atoms with E-state index < -0.39 is 0 Å². The van der Waals surface area contributed by atoms with Crippen LogP contribution in [-0.4, -0.2) is 46.3 Å². The standard InChI is InChI=1S/C22H23ClN4OS/c1-16-5-2-3-6-19(16)21(28)26-11-4-12-27(14-13-26)22-24-20(25-29-22)15-17-7-9-18(23)10-8-17/h2-3,5-10H,4,11-15H2,1H3. The molecule has 29 heavy (non-hydrogen) atoms. The number of benzene rings is 2. The normalized spacial score (nSPS) is 14.7. The highest BCUT2D eigenvalue weighted by molar-refractivity contribution is 7.09. The summed E-state index contributed by atoms with van der Waals surface area (Å²) in [5.74, 6) is 0.940. The molecule has 2 aromatic carbocycles. The third kappa shape index (κ3) is 4.77. The number of anilines is 1. The minimum Gasteiger partial charge on any atom is -0.345 e. The Morgan fingerprint density at radius 2 is 1.86 bits per heavy atom. The second kappa shape index (κ2) is 8.93. The first-order chi connectivity index (χ1) is 14.1. The molecule has 2 heterocycles. The number of carbonyl (C=O) groups is 1. The van der Waals surface area contributed by atoms with Gasteiger partial charge in [0.1, 0.15) is 5.82 Å². The highest BCUT2D eigenvalue weighted by atomic mass is 35.5. The molecule has 3 aromatic rings. The first kappa shape index (κ1) is 19.9. The predicted octanol–water partition coefficient (Wildman–Crippen LogP) is 4.44. The van der Waals surface area contributed by atoms with Gasteiger partial charge in [-0.25, -0.2) is 4.98 Å². The molecular weight excluding hydrogens is 404 g/mol. The van der Waals surface area contributed by atoms with Gasteiger partial charge in [-0.15, -0.1) is 0 Å². The highest BCUT2D eigenvalue weighted by Gasteiger charge is 2.23. The second-order valence-electron chi connectivity index (χ2n) is 7.24. The molecule has 0 atom stereocenters. The van der Waals surface area contributed by atoms with E-state index in [1.807, 2.05) is 60.4 Å². The van der Waals surface area contributed by atoms with Gasteiger partial charge in [0.05, 0.1) is 0 Å². The van der Waals surface area contributed by atoms with Crippen LogP contribution in [0.15, 0.2) is 48.5 Å². The molecule has 1 amide bonds. The van der Waals surface area contributed by atoms with Crippen LogP contribution >= 0.6 is 23.1 Å². The zero-order valence-corrected chi connectivity index (χ0v) is 17.9. The maximum atomic E-state index is 12.9. The quantitative estimate of drug-likeness (QED) is 0.618. The number of carbonyl (C=O) groups excluding carboxylic acids is 1. The molecule has 7 heteroatoms. The van der Waals surface area contributed by atoms with Gasteiger partial charge in [0.25, 0.3) is 5.91 Å². The van der Waals surface area contributed by atoms with Crippen LogP contribution in [0.25, 0.3) is 0 Å². The van der Waals surface area contributed by atoms with Crippen molar-refractivity contribution in [1.82, 2.24) is 14.3 Å². The van der Waals surface area contributed by atoms with Gasteiger partial charge in [0, 0.05) is 54.7 Å². The number of amides is 1. The van der Waals surface area contributed by atoms with E-state index in [1.54, 1.807) is 0 Å². The molecule has 1 aliphatic rings. The van der Waals surface area contributed by atoms with Crippen molar-refractivity contribution in [3.8, 4) is 0 Å². The Morgan fingerprint density at radius 3 is 2.66 bits per heavy atom. The number of nitrogens with zero attached hydrogens (tertiary/aromatic N) is 4. The van der Waals surface area contributed by atoms with Gasteiger partial charge in [0.15, 0.2) is 0 Å². The fourth-order valence-electron chi connectivity index (χ4n) is 3.52. The lowest BCUT2D eigenvalue weighted by Gasteiger charge is -2.22. The monoisotopic (exact) mass is 426 g/mol. The Labute approximate surface area is 180 Å². The minimum atomic E-state index is 0.116. The van der Waals surface area contributed by atoms with E-state index in [-0.39, 0.29) is 5.91 Å². The van der Waals surface area contributed by atoms with Crippen molar-refractivity contribution >= 4 is 34.2 Å². The maximum absolute atomic E-state index is 12.9. The smallest absolute Gasteiger partial charge is 0.254 e. The Morgan fingerprint density at radius 1 is 1.07 bits per heavy atom. The fourth-order valence-corrected chi connectivity index (χ4v) is 4.39. The molecule has 4 rings (SSSR count). The highest BCUT2D eigenvalue weighted by Crippen LogP contribution is 2.22. The minimum absolute atomic E-state index is 0.116. The third-order valence-corrected chi connectivity index (χ3v) is 6.23. The van der Waals surface area contributed by atoms with Gasteiger partial charge in [-0.1, -0.05) is 41.9 Å². The van der Waals surface area contributed by atoms with E-state index in [0.717, 1.165) is 58.7 Å². The largest absolute Gasteiger partial charge is 0.345 e. The zero-order valence-electron chi connectivity index (χ0n) is 16.3. The summed E-state index contributed by atoms with van der Waals surface area (Å²) in [7, 11) is 0. The van der Waals surface area contributed by atoms with Crippen molar-refractivity contribution < 1.29 is 4.79 Å². The average Bonchev–Trinajstić information content (AvgIpc) is 3.04. The lowest BCUT2D eigenvalue weighted by Crippen LogP contribution is -2.35. The molecule has 0 saturated carbocycles. The van der Waals surface area contributed by atoms with E-state index in [0.29, 0.717) is 13.0 Å². The van der Waals surface area contributed by atoms with Crippen LogP contribution < -0.4 is 4.90 Å². The summed E-state index contributed by atoms with van der Waals surface area (Å²) in [5.41, 5.74) is 2.96. The maximum Gasteiger partial charge on any atom is 0.254 e. The molecule has 1 saturated heterocycles. The van der Waals surface area contributed by atoms with Gasteiger partial charge >= 0.3 is 0 Å². The van der Waals surface area contributed by atoms with Crippen LogP contribution in [0.3, 0.4) is 0 Å². The molecule has 0 N–H and O–H groups in total. The molecule has 0 aliphatic carbocycles. The van der Waals surface area contributed by atoms with Crippen molar-refractivity contribution in [2.24, 2.45) is 0 Å². The number of halogens is 1. The van der Waals surface area contributed by atoms with Crippen molar-refractivity contribution in [2.45, 2.75) is 19.8 Å². The van der Waals surface area contributed by atoms with Crippen molar-refractivity contribution in [3.63, 3.8) is 0 Å². The van der Waals surface area contributed by atoms with Crippen LogP contribution in [0.2, 0.25) is 5.02 Å². The summed E-state index contributed by atoms with van der Waals surface area (Å²) in [6.45, 7) is 5.10. The number of rotatable bonds is 4. The summed E-state index contributed by atoms with van der Waals surface area (Å²) in [4.78, 5) is 21.9. The molecule has 1 aliphatic heterocycles. The fraction of sp³-hybridized carbons (Fsp3) is 0.318. The summed E-state index contributed by atoms with van der Waals surface area (Å²) >= 11 is 7.39. The molecule has 5 nitrogen and oxygen atoms in total. The number of hydrogen-bond donors (Lipinski definition) is 0. The Bertz CT molecular complexity index is 988. The van der Waals surface area contributed by atoms with Gasteiger partial charge in [-0.3, -0.25) is 4.79 Å². The molecule has 0 spiro atoms. The second-order valence-corrected chi connectivity index (χ2v) is 8.41. The summed E-state index contributed by atoms with van der Waals surface area (Å²) in [5, 5.41) is 1.66. The third-order valence-electron chi connectivity index (χ3n) is 5.16. The first-order valence-electron chi connectivity index (χ1n) is 9.77.